The van der Waals surface area contributed by atoms with Crippen molar-refractivity contribution in [3.05, 3.63) is 0 Å². The SMILES string of the molecule is CC(C)[C@@H]1CC[C@]2(C(=O)OCCCOP(=O)(O)O)CC[C@]3(C)[C@H](CC[C@@H]4[C@@]5(C)CCC(=O)C(C)(C)[C@@H]5CC[C@]43C)[C@@H]12. The third-order valence-corrected chi connectivity index (χ3v) is 14.8. The summed E-state index contributed by atoms with van der Waals surface area (Å²) in [6.45, 7) is 16.7. The number of Topliss-reactive ketones (excluding diaryl/α,β-unsaturated/α-hetero) is 1. The molecule has 41 heavy (non-hydrogen) atoms. The van der Waals surface area contributed by atoms with Gasteiger partial charge >= 0.3 is 13.8 Å². The molecule has 8 heteroatoms. The van der Waals surface area contributed by atoms with Crippen molar-refractivity contribution in [1.29, 1.82) is 0 Å². The van der Waals surface area contributed by atoms with Crippen LogP contribution in [-0.4, -0.2) is 34.8 Å². The minimum Gasteiger partial charge on any atom is -0.465 e. The molecule has 0 aromatic heterocycles. The summed E-state index contributed by atoms with van der Waals surface area (Å²) < 4.78 is 21.5. The zero-order chi connectivity index (χ0) is 30.2. The lowest BCUT2D eigenvalue weighted by Crippen LogP contribution is -2.66. The summed E-state index contributed by atoms with van der Waals surface area (Å²) in [4.78, 5) is 44.9. The number of carbonyl (C=O) groups excluding carboxylic acids is 2. The van der Waals surface area contributed by atoms with Gasteiger partial charge in [-0.15, -0.1) is 0 Å². The first-order chi connectivity index (χ1) is 18.9. The Morgan fingerprint density at radius 2 is 1.61 bits per heavy atom. The van der Waals surface area contributed by atoms with Crippen molar-refractivity contribution in [2.24, 2.45) is 62.6 Å². The summed E-state index contributed by atoms with van der Waals surface area (Å²) in [7, 11) is -4.52. The van der Waals surface area contributed by atoms with Gasteiger partial charge in [-0.1, -0.05) is 48.5 Å². The summed E-state index contributed by atoms with van der Waals surface area (Å²) in [5, 5.41) is 0. The van der Waals surface area contributed by atoms with E-state index in [2.05, 4.69) is 53.0 Å². The maximum absolute atomic E-state index is 14.0. The maximum Gasteiger partial charge on any atom is 0.469 e. The van der Waals surface area contributed by atoms with Gasteiger partial charge in [-0.3, -0.25) is 14.1 Å². The Balaban J connectivity index is 1.42. The van der Waals surface area contributed by atoms with Crippen LogP contribution in [0.25, 0.3) is 0 Å². The molecule has 0 heterocycles. The maximum atomic E-state index is 14.0. The zero-order valence-corrected chi connectivity index (χ0v) is 27.4. The second-order valence-corrected chi connectivity index (χ2v) is 17.5. The largest absolute Gasteiger partial charge is 0.469 e. The third kappa shape index (κ3) is 4.73. The van der Waals surface area contributed by atoms with Gasteiger partial charge in [-0.05, 0) is 110 Å². The van der Waals surface area contributed by atoms with E-state index in [1.165, 1.54) is 6.42 Å². The van der Waals surface area contributed by atoms with Gasteiger partial charge in [0.2, 0.25) is 0 Å². The predicted octanol–water partition coefficient (Wildman–Crippen LogP) is 7.34. The average molecular weight is 595 g/mol. The highest BCUT2D eigenvalue weighted by Crippen LogP contribution is 2.77. The molecule has 9 atom stereocenters. The van der Waals surface area contributed by atoms with Crippen LogP contribution in [0.15, 0.2) is 0 Å². The minimum atomic E-state index is -4.52. The first-order valence-electron chi connectivity index (χ1n) is 16.3. The van der Waals surface area contributed by atoms with E-state index in [4.69, 9.17) is 14.5 Å². The molecule has 0 unspecified atom stereocenters. The van der Waals surface area contributed by atoms with Gasteiger partial charge < -0.3 is 14.5 Å². The molecule has 0 saturated heterocycles. The number of rotatable bonds is 7. The number of fused-ring (bicyclic) bond motifs is 7. The Hall–Kier alpha value is -0.750. The second-order valence-electron chi connectivity index (χ2n) is 16.3. The highest BCUT2D eigenvalue weighted by Gasteiger charge is 2.72. The molecule has 5 aliphatic rings. The number of hydrogen-bond acceptors (Lipinski definition) is 5. The fourth-order valence-corrected chi connectivity index (χ4v) is 12.5. The van der Waals surface area contributed by atoms with Crippen molar-refractivity contribution < 1.29 is 33.2 Å². The molecule has 0 spiro atoms. The van der Waals surface area contributed by atoms with Crippen LogP contribution >= 0.6 is 7.82 Å². The quantitative estimate of drug-likeness (QED) is 0.180. The first kappa shape index (κ1) is 31.7. The van der Waals surface area contributed by atoms with E-state index in [9.17, 15) is 14.2 Å². The van der Waals surface area contributed by atoms with Gasteiger partial charge in [0.15, 0.2) is 0 Å². The van der Waals surface area contributed by atoms with Gasteiger partial charge in [0.05, 0.1) is 18.6 Å². The molecular weight excluding hydrogens is 539 g/mol. The molecule has 0 aromatic carbocycles. The van der Waals surface area contributed by atoms with Crippen molar-refractivity contribution in [1.82, 2.24) is 0 Å². The van der Waals surface area contributed by atoms with Gasteiger partial charge in [0.1, 0.15) is 5.78 Å². The number of carbonyl (C=O) groups is 2. The molecule has 5 aliphatic carbocycles. The Kier molecular flexibility index (Phi) is 8.05. The molecule has 5 fully saturated rings. The van der Waals surface area contributed by atoms with Gasteiger partial charge in [0, 0.05) is 18.3 Å². The van der Waals surface area contributed by atoms with Crippen LogP contribution in [0.4, 0.5) is 0 Å². The molecule has 0 aliphatic heterocycles. The summed E-state index contributed by atoms with van der Waals surface area (Å²) in [5.41, 5.74) is -0.223. The molecular formula is C33H55O7P. The lowest BCUT2D eigenvalue weighted by molar-refractivity contribution is -0.237. The Labute approximate surface area is 247 Å². The van der Waals surface area contributed by atoms with Crippen LogP contribution in [0.2, 0.25) is 0 Å². The standard InChI is InChI=1S/C33H55O7P/c1-21(2)22-11-16-33(28(35)39-19-8-20-40-41(36,37)38)18-17-31(6)23(27(22)33)9-10-25-30(5)14-13-26(34)29(3,4)24(30)12-15-32(25,31)7/h21-25,27H,8-20H2,1-7H3,(H2,36,37,38)/t22-,23+,24-,25+,27+,30-,31+,32+,33-/m0/s1. The number of ether oxygens (including phenoxy) is 1. The molecule has 5 saturated carbocycles. The topological polar surface area (TPSA) is 110 Å². The summed E-state index contributed by atoms with van der Waals surface area (Å²) in [6.07, 6.45) is 10.4. The van der Waals surface area contributed by atoms with Crippen LogP contribution in [0.5, 0.6) is 0 Å². The van der Waals surface area contributed by atoms with E-state index in [1.54, 1.807) is 0 Å². The lowest BCUT2D eigenvalue weighted by Gasteiger charge is -2.72. The second kappa shape index (κ2) is 10.4. The smallest absolute Gasteiger partial charge is 0.465 e. The van der Waals surface area contributed by atoms with Crippen molar-refractivity contribution in [3.8, 4) is 0 Å². The van der Waals surface area contributed by atoms with Crippen LogP contribution in [0.1, 0.15) is 119 Å². The molecule has 2 N–H and O–H groups in total. The zero-order valence-electron chi connectivity index (χ0n) is 26.5. The van der Waals surface area contributed by atoms with Crippen LogP contribution < -0.4 is 0 Å². The molecule has 234 valence electrons. The fraction of sp³-hybridized carbons (Fsp3) is 0.939. The number of esters is 1. The van der Waals surface area contributed by atoms with E-state index < -0.39 is 13.2 Å². The van der Waals surface area contributed by atoms with E-state index in [-0.39, 0.29) is 47.3 Å². The Morgan fingerprint density at radius 3 is 2.27 bits per heavy atom. The fourth-order valence-electron chi connectivity index (χ4n) is 12.1. The molecule has 0 amide bonds. The van der Waals surface area contributed by atoms with Crippen LogP contribution in [0.3, 0.4) is 0 Å². The normalized spacial score (nSPS) is 45.4. The third-order valence-electron chi connectivity index (χ3n) is 14.3. The van der Waals surface area contributed by atoms with Crippen molar-refractivity contribution >= 4 is 19.6 Å². The predicted molar refractivity (Wildman–Crippen MR) is 158 cm³/mol. The lowest BCUT2D eigenvalue weighted by atomic mass is 9.32. The number of phosphoric ester groups is 1. The van der Waals surface area contributed by atoms with Crippen molar-refractivity contribution in [3.63, 3.8) is 0 Å². The molecule has 7 nitrogen and oxygen atoms in total. The molecule has 0 radical (unpaired) electrons. The molecule has 5 rings (SSSR count). The monoisotopic (exact) mass is 594 g/mol. The van der Waals surface area contributed by atoms with E-state index >= 15 is 0 Å². The number of phosphoric acid groups is 1. The minimum absolute atomic E-state index is 0.0978. The van der Waals surface area contributed by atoms with Crippen molar-refractivity contribution in [2.75, 3.05) is 13.2 Å². The van der Waals surface area contributed by atoms with E-state index in [0.717, 1.165) is 51.4 Å². The van der Waals surface area contributed by atoms with Gasteiger partial charge in [0.25, 0.3) is 0 Å². The molecule has 0 bridgehead atoms. The van der Waals surface area contributed by atoms with Crippen LogP contribution in [0, 0.1) is 62.6 Å². The van der Waals surface area contributed by atoms with E-state index in [0.29, 0.717) is 47.7 Å². The van der Waals surface area contributed by atoms with Crippen molar-refractivity contribution in [2.45, 2.75) is 119 Å². The Morgan fingerprint density at radius 1 is 0.902 bits per heavy atom. The summed E-state index contributed by atoms with van der Waals surface area (Å²) >= 11 is 0. The first-order valence-corrected chi connectivity index (χ1v) is 17.9. The highest BCUT2D eigenvalue weighted by atomic mass is 31.2. The van der Waals surface area contributed by atoms with E-state index in [1.807, 2.05) is 0 Å². The number of hydrogen-bond donors (Lipinski definition) is 2. The highest BCUT2D eigenvalue weighted by molar-refractivity contribution is 7.46. The average Bonchev–Trinajstić information content (AvgIpc) is 3.27. The molecule has 0 aromatic rings. The number of ketones is 1. The van der Waals surface area contributed by atoms with Crippen LogP contribution in [-0.2, 0) is 23.4 Å². The Bertz CT molecular complexity index is 1100. The van der Waals surface area contributed by atoms with Gasteiger partial charge in [-0.25, -0.2) is 4.57 Å². The summed E-state index contributed by atoms with van der Waals surface area (Å²) in [5.74, 6) is 3.14. The van der Waals surface area contributed by atoms with Gasteiger partial charge in [-0.2, -0.15) is 0 Å². The summed E-state index contributed by atoms with van der Waals surface area (Å²) in [6, 6.07) is 0.